The van der Waals surface area contributed by atoms with Crippen LogP contribution in [0.5, 0.6) is 0 Å². The topological polar surface area (TPSA) is 71.5 Å². The molecule has 1 saturated heterocycles. The summed E-state index contributed by atoms with van der Waals surface area (Å²) in [5, 5.41) is 1.00. The van der Waals surface area contributed by atoms with Gasteiger partial charge in [0.2, 0.25) is 0 Å². The Morgan fingerprint density at radius 1 is 1.07 bits per heavy atom. The predicted molar refractivity (Wildman–Crippen MR) is 118 cm³/mol. The zero-order valence-corrected chi connectivity index (χ0v) is 18.0. The zero-order chi connectivity index (χ0) is 21.3. The van der Waals surface area contributed by atoms with Crippen LogP contribution in [-0.4, -0.2) is 53.7 Å². The number of hydrogen-bond donors (Lipinski definition) is 0. The Morgan fingerprint density at radius 3 is 2.50 bits per heavy atom. The molecule has 4 rings (SSSR count). The van der Waals surface area contributed by atoms with Gasteiger partial charge in [0.15, 0.2) is 0 Å². The average molecular weight is 406 g/mol. The van der Waals surface area contributed by atoms with Gasteiger partial charge in [-0.05, 0) is 45.4 Å². The Bertz CT molecular complexity index is 1090. The summed E-state index contributed by atoms with van der Waals surface area (Å²) in [5.41, 5.74) is 4.64. The molecule has 3 aromatic rings. The fraction of sp³-hybridized carbons (Fsp3) is 0.391. The van der Waals surface area contributed by atoms with Gasteiger partial charge in [-0.15, -0.1) is 0 Å². The van der Waals surface area contributed by atoms with E-state index >= 15 is 0 Å². The molecule has 7 heteroatoms. The van der Waals surface area contributed by atoms with Crippen LogP contribution in [0.25, 0.3) is 10.9 Å². The van der Waals surface area contributed by atoms with Gasteiger partial charge < -0.3 is 14.5 Å². The number of rotatable bonds is 4. The highest BCUT2D eigenvalue weighted by atomic mass is 16.5. The summed E-state index contributed by atoms with van der Waals surface area (Å²) in [4.78, 5) is 30.6. The minimum atomic E-state index is -0.324. The fourth-order valence-corrected chi connectivity index (χ4v) is 4.13. The number of piperazine rings is 1. The average Bonchev–Trinajstić information content (AvgIpc) is 2.73. The lowest BCUT2D eigenvalue weighted by Gasteiger charge is -2.37. The lowest BCUT2D eigenvalue weighted by atomic mass is 10.0. The van der Waals surface area contributed by atoms with Crippen molar-refractivity contribution >= 4 is 28.4 Å². The zero-order valence-electron chi connectivity index (χ0n) is 18.0. The van der Waals surface area contributed by atoms with Crippen molar-refractivity contribution in [2.75, 3.05) is 42.6 Å². The van der Waals surface area contributed by atoms with Gasteiger partial charge >= 0.3 is 5.97 Å². The summed E-state index contributed by atoms with van der Waals surface area (Å²) in [6, 6.07) is 6.19. The molecule has 30 heavy (non-hydrogen) atoms. The third-order valence-electron chi connectivity index (χ3n) is 5.45. The fourth-order valence-electron chi connectivity index (χ4n) is 4.13. The van der Waals surface area contributed by atoms with Crippen molar-refractivity contribution in [3.8, 4) is 0 Å². The van der Waals surface area contributed by atoms with Gasteiger partial charge in [-0.2, -0.15) is 0 Å². The Morgan fingerprint density at radius 2 is 1.80 bits per heavy atom. The first kappa shape index (κ1) is 20.1. The SMILES string of the molecule is CCOC(=O)c1cnc2c(C)cc(C)cc2c1N1CCN(c2ccnc(C)n2)CC1. The van der Waals surface area contributed by atoms with Gasteiger partial charge in [-0.1, -0.05) is 11.6 Å². The van der Waals surface area contributed by atoms with E-state index < -0.39 is 0 Å². The van der Waals surface area contributed by atoms with Crippen molar-refractivity contribution in [3.05, 3.63) is 53.1 Å². The molecule has 0 saturated carbocycles. The molecule has 0 spiro atoms. The number of carbonyl (C=O) groups is 1. The van der Waals surface area contributed by atoms with Crippen LogP contribution in [0.2, 0.25) is 0 Å². The smallest absolute Gasteiger partial charge is 0.341 e. The highest BCUT2D eigenvalue weighted by Gasteiger charge is 2.26. The number of aryl methyl sites for hydroxylation is 3. The summed E-state index contributed by atoms with van der Waals surface area (Å²) < 4.78 is 5.34. The number of benzene rings is 1. The number of pyridine rings is 1. The number of ether oxygens (including phenoxy) is 1. The maximum atomic E-state index is 12.7. The second-order valence-corrected chi connectivity index (χ2v) is 7.66. The second-order valence-electron chi connectivity index (χ2n) is 7.66. The molecule has 3 heterocycles. The highest BCUT2D eigenvalue weighted by molar-refractivity contribution is 6.06. The lowest BCUT2D eigenvalue weighted by molar-refractivity contribution is 0.0526. The molecule has 1 aliphatic rings. The van der Waals surface area contributed by atoms with Gasteiger partial charge in [0.05, 0.1) is 17.8 Å². The van der Waals surface area contributed by atoms with Crippen LogP contribution in [-0.2, 0) is 4.74 Å². The number of esters is 1. The van der Waals surface area contributed by atoms with Crippen molar-refractivity contribution in [2.24, 2.45) is 0 Å². The van der Waals surface area contributed by atoms with Gasteiger partial charge in [-0.25, -0.2) is 14.8 Å². The molecule has 1 aromatic carbocycles. The van der Waals surface area contributed by atoms with E-state index in [0.29, 0.717) is 12.2 Å². The van der Waals surface area contributed by atoms with Crippen molar-refractivity contribution in [2.45, 2.75) is 27.7 Å². The number of aromatic nitrogens is 3. The molecule has 156 valence electrons. The maximum Gasteiger partial charge on any atom is 0.341 e. The minimum Gasteiger partial charge on any atom is -0.462 e. The first-order chi connectivity index (χ1) is 14.5. The molecule has 1 aliphatic heterocycles. The van der Waals surface area contributed by atoms with E-state index in [1.807, 2.05) is 19.9 Å². The van der Waals surface area contributed by atoms with Crippen LogP contribution in [0.1, 0.15) is 34.2 Å². The molecule has 2 aromatic heterocycles. The van der Waals surface area contributed by atoms with Gasteiger partial charge in [0, 0.05) is 44.0 Å². The molecule has 0 unspecified atom stereocenters. The summed E-state index contributed by atoms with van der Waals surface area (Å²) >= 11 is 0. The summed E-state index contributed by atoms with van der Waals surface area (Å²) in [5.74, 6) is 1.39. The molecule has 1 fully saturated rings. The number of anilines is 2. The molecular weight excluding hydrogens is 378 g/mol. The first-order valence-electron chi connectivity index (χ1n) is 10.3. The van der Waals surface area contributed by atoms with Crippen molar-refractivity contribution < 1.29 is 9.53 Å². The number of fused-ring (bicyclic) bond motifs is 1. The molecule has 7 nitrogen and oxygen atoms in total. The van der Waals surface area contributed by atoms with Crippen molar-refractivity contribution in [1.82, 2.24) is 15.0 Å². The molecule has 0 N–H and O–H groups in total. The van der Waals surface area contributed by atoms with Crippen LogP contribution >= 0.6 is 0 Å². The molecule has 0 radical (unpaired) electrons. The Kier molecular flexibility index (Phi) is 5.53. The number of nitrogens with zero attached hydrogens (tertiary/aromatic N) is 5. The lowest BCUT2D eigenvalue weighted by Crippen LogP contribution is -2.47. The third-order valence-corrected chi connectivity index (χ3v) is 5.45. The summed E-state index contributed by atoms with van der Waals surface area (Å²) in [6.45, 7) is 11.4. The van der Waals surface area contributed by atoms with Crippen molar-refractivity contribution in [3.63, 3.8) is 0 Å². The van der Waals surface area contributed by atoms with Gasteiger partial charge in [-0.3, -0.25) is 4.98 Å². The monoisotopic (exact) mass is 405 g/mol. The normalized spacial score (nSPS) is 14.3. The van der Waals surface area contributed by atoms with Gasteiger partial charge in [0.1, 0.15) is 17.2 Å². The standard InChI is InChI=1S/C23H27N5O2/c1-5-30-23(29)19-14-25-21-16(3)12-15(2)13-18(21)22(19)28-10-8-27(9-11-28)20-6-7-24-17(4)26-20/h6-7,12-14H,5,8-11H2,1-4H3. The summed E-state index contributed by atoms with van der Waals surface area (Å²) in [7, 11) is 0. The van der Waals surface area contributed by atoms with Crippen LogP contribution < -0.4 is 9.80 Å². The Balaban J connectivity index is 1.72. The predicted octanol–water partition coefficient (Wildman–Crippen LogP) is 3.45. The summed E-state index contributed by atoms with van der Waals surface area (Å²) in [6.07, 6.45) is 3.46. The van der Waals surface area contributed by atoms with Crippen LogP contribution in [0.4, 0.5) is 11.5 Å². The van der Waals surface area contributed by atoms with Crippen molar-refractivity contribution in [1.29, 1.82) is 0 Å². The molecule has 0 bridgehead atoms. The van der Waals surface area contributed by atoms with E-state index in [9.17, 15) is 4.79 Å². The van der Waals surface area contributed by atoms with E-state index in [1.165, 1.54) is 0 Å². The van der Waals surface area contributed by atoms with Crippen LogP contribution in [0, 0.1) is 20.8 Å². The molecular formula is C23H27N5O2. The highest BCUT2D eigenvalue weighted by Crippen LogP contribution is 2.33. The van der Waals surface area contributed by atoms with Crippen LogP contribution in [0.15, 0.2) is 30.6 Å². The van der Waals surface area contributed by atoms with E-state index in [4.69, 9.17) is 4.74 Å². The molecule has 0 amide bonds. The maximum absolute atomic E-state index is 12.7. The molecule has 0 atom stereocenters. The van der Waals surface area contributed by atoms with Crippen LogP contribution in [0.3, 0.4) is 0 Å². The first-order valence-corrected chi connectivity index (χ1v) is 10.3. The van der Waals surface area contributed by atoms with E-state index in [-0.39, 0.29) is 5.97 Å². The molecule has 0 aliphatic carbocycles. The van der Waals surface area contributed by atoms with E-state index in [2.05, 4.69) is 50.7 Å². The Labute approximate surface area is 176 Å². The minimum absolute atomic E-state index is 0.324. The van der Waals surface area contributed by atoms with E-state index in [0.717, 1.165) is 65.5 Å². The third kappa shape index (κ3) is 3.79. The quantitative estimate of drug-likeness (QED) is 0.616. The van der Waals surface area contributed by atoms with Gasteiger partial charge in [0.25, 0.3) is 0 Å². The Hall–Kier alpha value is -3.22. The van der Waals surface area contributed by atoms with E-state index in [1.54, 1.807) is 12.4 Å². The largest absolute Gasteiger partial charge is 0.462 e. The number of carbonyl (C=O) groups excluding carboxylic acids is 1. The number of hydrogen-bond acceptors (Lipinski definition) is 7. The second kappa shape index (κ2) is 8.26.